The Morgan fingerprint density at radius 1 is 1.25 bits per heavy atom. The van der Waals surface area contributed by atoms with Crippen molar-refractivity contribution in [2.45, 2.75) is 26.7 Å². The molecule has 0 spiro atoms. The van der Waals surface area contributed by atoms with E-state index in [4.69, 9.17) is 0 Å². The molecule has 20 heavy (non-hydrogen) atoms. The second kappa shape index (κ2) is 5.87. The summed E-state index contributed by atoms with van der Waals surface area (Å²) in [5, 5.41) is 3.12. The highest BCUT2D eigenvalue weighted by atomic mass is 79.9. The van der Waals surface area contributed by atoms with Gasteiger partial charge in [0.25, 0.3) is 0 Å². The van der Waals surface area contributed by atoms with E-state index in [0.717, 1.165) is 22.6 Å². The molecule has 0 aliphatic carbocycles. The predicted octanol–water partition coefficient (Wildman–Crippen LogP) is 4.52. The molecule has 1 aromatic heterocycles. The molecule has 0 radical (unpaired) electrons. The topological polar surface area (TPSA) is 37.8 Å². The van der Waals surface area contributed by atoms with Crippen LogP contribution >= 0.6 is 15.9 Å². The van der Waals surface area contributed by atoms with Crippen LogP contribution in [0.2, 0.25) is 0 Å². The number of aryl methyl sites for hydroxylation is 1. The van der Waals surface area contributed by atoms with Crippen LogP contribution in [0.4, 0.5) is 10.2 Å². The summed E-state index contributed by atoms with van der Waals surface area (Å²) in [6, 6.07) is 4.51. The molecular formula is C15H17BrFN3. The van der Waals surface area contributed by atoms with Crippen LogP contribution < -0.4 is 5.32 Å². The van der Waals surface area contributed by atoms with Gasteiger partial charge in [-0.3, -0.25) is 0 Å². The number of hydrogen-bond acceptors (Lipinski definition) is 3. The van der Waals surface area contributed by atoms with Crippen molar-refractivity contribution in [3.63, 3.8) is 0 Å². The number of nitrogens with one attached hydrogen (secondary N) is 1. The van der Waals surface area contributed by atoms with Gasteiger partial charge in [0.1, 0.15) is 11.6 Å². The largest absolute Gasteiger partial charge is 0.373 e. The maximum absolute atomic E-state index is 13.2. The van der Waals surface area contributed by atoms with E-state index in [1.54, 1.807) is 6.07 Å². The molecular weight excluding hydrogens is 321 g/mol. The molecule has 1 heterocycles. The van der Waals surface area contributed by atoms with Crippen LogP contribution in [0.25, 0.3) is 11.4 Å². The first kappa shape index (κ1) is 14.9. The number of anilines is 1. The van der Waals surface area contributed by atoms with Crippen LogP contribution in [0.3, 0.4) is 0 Å². The fourth-order valence-electron chi connectivity index (χ4n) is 2.25. The number of rotatable bonds is 3. The third-order valence-corrected chi connectivity index (χ3v) is 3.78. The molecule has 0 aliphatic rings. The van der Waals surface area contributed by atoms with Crippen LogP contribution in [-0.4, -0.2) is 17.0 Å². The molecule has 1 aromatic carbocycles. The van der Waals surface area contributed by atoms with Crippen LogP contribution in [-0.2, 0) is 0 Å². The Morgan fingerprint density at radius 2 is 1.95 bits per heavy atom. The molecule has 2 rings (SSSR count). The van der Waals surface area contributed by atoms with Gasteiger partial charge in [0.15, 0.2) is 5.82 Å². The molecule has 0 bridgehead atoms. The van der Waals surface area contributed by atoms with Crippen molar-refractivity contribution in [2.24, 2.45) is 0 Å². The zero-order chi connectivity index (χ0) is 14.9. The van der Waals surface area contributed by atoms with Crippen molar-refractivity contribution in [3.05, 3.63) is 39.7 Å². The highest BCUT2D eigenvalue weighted by molar-refractivity contribution is 9.10. The van der Waals surface area contributed by atoms with Crippen molar-refractivity contribution >= 4 is 21.7 Å². The van der Waals surface area contributed by atoms with Gasteiger partial charge in [-0.1, -0.05) is 13.8 Å². The van der Waals surface area contributed by atoms with E-state index in [-0.39, 0.29) is 5.82 Å². The zero-order valence-electron chi connectivity index (χ0n) is 12.0. The van der Waals surface area contributed by atoms with Crippen LogP contribution in [0, 0.1) is 12.7 Å². The summed E-state index contributed by atoms with van der Waals surface area (Å²) in [6.45, 7) is 6.19. The van der Waals surface area contributed by atoms with Crippen molar-refractivity contribution < 1.29 is 4.39 Å². The van der Waals surface area contributed by atoms with Gasteiger partial charge in [-0.15, -0.1) is 0 Å². The Kier molecular flexibility index (Phi) is 4.38. The molecule has 0 unspecified atom stereocenters. The summed E-state index contributed by atoms with van der Waals surface area (Å²) in [5.74, 6) is 1.45. The van der Waals surface area contributed by atoms with Gasteiger partial charge >= 0.3 is 0 Å². The lowest BCUT2D eigenvalue weighted by atomic mass is 10.0. The van der Waals surface area contributed by atoms with Crippen LogP contribution in [0.15, 0.2) is 22.7 Å². The highest BCUT2D eigenvalue weighted by Crippen LogP contribution is 2.31. The molecule has 5 heteroatoms. The Bertz CT molecular complexity index is 641. The third-order valence-electron chi connectivity index (χ3n) is 3.12. The average molecular weight is 338 g/mol. The second-order valence-corrected chi connectivity index (χ2v) is 5.78. The number of benzene rings is 1. The SMILES string of the molecule is CNc1nc(-c2ccc(F)cc2Br)nc(C)c1C(C)C. The third kappa shape index (κ3) is 2.82. The quantitative estimate of drug-likeness (QED) is 0.894. The standard InChI is InChI=1S/C15H17BrFN3/c1-8(2)13-9(3)19-14(20-15(13)18-4)11-6-5-10(17)7-12(11)16/h5-8H,1-4H3,(H,18,19,20). The minimum atomic E-state index is -0.287. The van der Waals surface area contributed by atoms with E-state index in [1.165, 1.54) is 12.1 Å². The van der Waals surface area contributed by atoms with Gasteiger partial charge in [-0.2, -0.15) is 0 Å². The lowest BCUT2D eigenvalue weighted by molar-refractivity contribution is 0.627. The predicted molar refractivity (Wildman–Crippen MR) is 83.5 cm³/mol. The Labute approximate surface area is 126 Å². The lowest BCUT2D eigenvalue weighted by Crippen LogP contribution is -2.07. The number of hydrogen-bond donors (Lipinski definition) is 1. The van der Waals surface area contributed by atoms with Gasteiger partial charge in [0.2, 0.25) is 0 Å². The van der Waals surface area contributed by atoms with Crippen molar-refractivity contribution in [1.29, 1.82) is 0 Å². The molecule has 0 atom stereocenters. The van der Waals surface area contributed by atoms with Gasteiger partial charge < -0.3 is 5.32 Å². The minimum absolute atomic E-state index is 0.287. The van der Waals surface area contributed by atoms with E-state index < -0.39 is 0 Å². The Morgan fingerprint density at radius 3 is 2.50 bits per heavy atom. The summed E-state index contributed by atoms with van der Waals surface area (Å²) >= 11 is 3.36. The van der Waals surface area contributed by atoms with Crippen LogP contribution in [0.5, 0.6) is 0 Å². The van der Waals surface area contributed by atoms with Gasteiger partial charge in [0.05, 0.1) is 0 Å². The molecule has 1 N–H and O–H groups in total. The first-order valence-corrected chi connectivity index (χ1v) is 7.25. The monoisotopic (exact) mass is 337 g/mol. The summed E-state index contributed by atoms with van der Waals surface area (Å²) in [6.07, 6.45) is 0. The van der Waals surface area contributed by atoms with Gasteiger partial charge in [-0.05, 0) is 47.0 Å². The van der Waals surface area contributed by atoms with Gasteiger partial charge in [0, 0.05) is 28.3 Å². The molecule has 0 saturated heterocycles. The minimum Gasteiger partial charge on any atom is -0.373 e. The van der Waals surface area contributed by atoms with Crippen LogP contribution in [0.1, 0.15) is 31.0 Å². The van der Waals surface area contributed by atoms with E-state index in [0.29, 0.717) is 16.2 Å². The normalized spacial score (nSPS) is 10.9. The molecule has 3 nitrogen and oxygen atoms in total. The zero-order valence-corrected chi connectivity index (χ0v) is 13.5. The first-order chi connectivity index (χ1) is 9.43. The van der Waals surface area contributed by atoms with E-state index in [1.807, 2.05) is 14.0 Å². The fraction of sp³-hybridized carbons (Fsp3) is 0.333. The molecule has 0 fully saturated rings. The number of aromatic nitrogens is 2. The molecule has 0 saturated carbocycles. The maximum atomic E-state index is 13.2. The van der Waals surface area contributed by atoms with Crippen molar-refractivity contribution in [2.75, 3.05) is 12.4 Å². The van der Waals surface area contributed by atoms with E-state index in [2.05, 4.69) is 45.1 Å². The summed E-state index contributed by atoms with van der Waals surface area (Å²) in [7, 11) is 1.84. The maximum Gasteiger partial charge on any atom is 0.162 e. The summed E-state index contributed by atoms with van der Waals surface area (Å²) in [5.41, 5.74) is 2.82. The molecule has 2 aromatic rings. The molecule has 0 amide bonds. The summed E-state index contributed by atoms with van der Waals surface area (Å²) < 4.78 is 13.8. The fourth-order valence-corrected chi connectivity index (χ4v) is 2.78. The van der Waals surface area contributed by atoms with Crippen molar-refractivity contribution in [1.82, 2.24) is 9.97 Å². The highest BCUT2D eigenvalue weighted by Gasteiger charge is 2.16. The molecule has 106 valence electrons. The number of halogens is 2. The molecule has 0 aliphatic heterocycles. The lowest BCUT2D eigenvalue weighted by Gasteiger charge is -2.16. The first-order valence-electron chi connectivity index (χ1n) is 6.45. The van der Waals surface area contributed by atoms with E-state index >= 15 is 0 Å². The Balaban J connectivity index is 2.61. The summed E-state index contributed by atoms with van der Waals surface area (Å²) in [4.78, 5) is 9.12. The van der Waals surface area contributed by atoms with Gasteiger partial charge in [-0.25, -0.2) is 14.4 Å². The smallest absolute Gasteiger partial charge is 0.162 e. The Hall–Kier alpha value is -1.49. The second-order valence-electron chi connectivity index (χ2n) is 4.92. The number of nitrogens with zero attached hydrogens (tertiary/aromatic N) is 2. The average Bonchev–Trinajstić information content (AvgIpc) is 2.37. The van der Waals surface area contributed by atoms with Crippen molar-refractivity contribution in [3.8, 4) is 11.4 Å². The van der Waals surface area contributed by atoms with E-state index in [9.17, 15) is 4.39 Å².